The average molecular weight is 688 g/mol. The summed E-state index contributed by atoms with van der Waals surface area (Å²) in [6.45, 7) is 11.6. The maximum Gasteiger partial charge on any atom is 1.00 e. The monoisotopic (exact) mass is 687 g/mol. The molecule has 6 rings (SSSR count). The summed E-state index contributed by atoms with van der Waals surface area (Å²) in [5, 5.41) is 0. The van der Waals surface area contributed by atoms with E-state index in [1.165, 1.54) is 0 Å². The van der Waals surface area contributed by atoms with Crippen molar-refractivity contribution in [3.63, 3.8) is 0 Å². The van der Waals surface area contributed by atoms with E-state index in [1.807, 2.05) is 102 Å². The summed E-state index contributed by atoms with van der Waals surface area (Å²) >= 11 is 0. The van der Waals surface area contributed by atoms with Crippen LogP contribution in [0.25, 0.3) is 23.3 Å². The van der Waals surface area contributed by atoms with Gasteiger partial charge in [-0.3, -0.25) is 9.59 Å². The van der Waals surface area contributed by atoms with Crippen molar-refractivity contribution in [3.8, 4) is 11.1 Å². The Morgan fingerprint density at radius 2 is 0.936 bits per heavy atom. The van der Waals surface area contributed by atoms with Crippen LogP contribution in [-0.2, 0) is 29.8 Å². The average Bonchev–Trinajstić information content (AvgIpc) is 3.36. The van der Waals surface area contributed by atoms with Crippen LogP contribution in [0.5, 0.6) is 0 Å². The van der Waals surface area contributed by atoms with E-state index < -0.39 is 53.4 Å². The largest absolute Gasteiger partial charge is 1.00 e. The Labute approximate surface area is 300 Å². The maximum atomic E-state index is 13.6. The van der Waals surface area contributed by atoms with Gasteiger partial charge in [0.2, 0.25) is 0 Å². The number of hydrogen-bond acceptors (Lipinski definition) is 8. The van der Waals surface area contributed by atoms with E-state index in [2.05, 4.69) is 0 Å². The summed E-state index contributed by atoms with van der Waals surface area (Å²) in [5.74, 6) is -1.96. The molecule has 0 heterocycles. The number of ketones is 2. The van der Waals surface area contributed by atoms with Crippen LogP contribution >= 0.6 is 0 Å². The van der Waals surface area contributed by atoms with Crippen molar-refractivity contribution in [1.29, 1.82) is 0 Å². The Hall–Kier alpha value is -1.92. The van der Waals surface area contributed by atoms with Crippen molar-refractivity contribution >= 4 is 44.0 Å². The molecule has 4 aliphatic rings. The van der Waals surface area contributed by atoms with Gasteiger partial charge in [-0.2, -0.15) is 0 Å². The fraction of sp³-hybridized carbons (Fsp3) is 0.500. The van der Waals surface area contributed by atoms with Crippen molar-refractivity contribution < 1.29 is 65.1 Å². The third-order valence-corrected chi connectivity index (χ3v) is 13.9. The van der Waals surface area contributed by atoms with Gasteiger partial charge in [0.15, 0.2) is 11.6 Å². The van der Waals surface area contributed by atoms with Crippen molar-refractivity contribution in [2.75, 3.05) is 11.5 Å². The predicted octanol–water partition coefficient (Wildman–Crippen LogP) is 2.72. The molecule has 6 atom stereocenters. The summed E-state index contributed by atoms with van der Waals surface area (Å²) < 4.78 is 70.9. The van der Waals surface area contributed by atoms with Crippen molar-refractivity contribution in [1.82, 2.24) is 0 Å². The quantitative estimate of drug-likeness (QED) is 0.245. The van der Waals surface area contributed by atoms with Gasteiger partial charge in [-0.25, -0.2) is 16.8 Å². The Balaban J connectivity index is 0.00000433. The number of rotatable bonds is 7. The van der Waals surface area contributed by atoms with Gasteiger partial charge in [0.1, 0.15) is 0 Å². The first-order valence-electron chi connectivity index (χ1n) is 15.7. The minimum absolute atomic E-state index is 0. The van der Waals surface area contributed by atoms with E-state index in [1.54, 1.807) is 0 Å². The van der Waals surface area contributed by atoms with Gasteiger partial charge >= 0.3 is 29.6 Å². The van der Waals surface area contributed by atoms with Crippen LogP contribution in [0.15, 0.2) is 59.7 Å². The third-order valence-electron chi connectivity index (χ3n) is 12.2. The molecular weight excluding hydrogens is 648 g/mol. The zero-order valence-corrected chi connectivity index (χ0v) is 31.6. The van der Waals surface area contributed by atoms with Crippen molar-refractivity contribution in [3.05, 3.63) is 70.8 Å². The molecule has 4 fully saturated rings. The van der Waals surface area contributed by atoms with Crippen molar-refractivity contribution in [2.45, 2.75) is 54.4 Å². The van der Waals surface area contributed by atoms with Crippen LogP contribution in [0.2, 0.25) is 0 Å². The van der Waals surface area contributed by atoms with Crippen LogP contribution in [0, 0.1) is 45.3 Å². The first-order chi connectivity index (χ1) is 21.1. The summed E-state index contributed by atoms with van der Waals surface area (Å²) in [4.78, 5) is 27.3. The topological polar surface area (TPSA) is 149 Å². The zero-order chi connectivity index (χ0) is 33.8. The molecule has 246 valence electrons. The molecule has 0 saturated heterocycles. The molecule has 4 aliphatic carbocycles. The van der Waals surface area contributed by atoms with E-state index >= 15 is 0 Å². The van der Waals surface area contributed by atoms with E-state index in [0.717, 1.165) is 22.3 Å². The molecule has 0 aromatic heterocycles. The molecule has 0 amide bonds. The second kappa shape index (κ2) is 11.6. The number of benzene rings is 2. The van der Waals surface area contributed by atoms with E-state index in [9.17, 15) is 35.5 Å². The molecule has 2 aromatic rings. The fourth-order valence-electron chi connectivity index (χ4n) is 10.3. The minimum Gasteiger partial charge on any atom is -0.748 e. The first-order valence-corrected chi connectivity index (χ1v) is 18.9. The van der Waals surface area contributed by atoms with Crippen molar-refractivity contribution in [2.24, 2.45) is 45.3 Å². The van der Waals surface area contributed by atoms with Gasteiger partial charge < -0.3 is 9.11 Å². The maximum absolute atomic E-state index is 13.6. The fourth-order valence-corrected chi connectivity index (χ4v) is 12.8. The number of hydrogen-bond donors (Lipinski definition) is 0. The standard InChI is InChI=1S/C36H42O8S2.Na/c1-21-17-35(19-45(39,40)41)31(37)27(29(21)33(35,3)4)15-23-7-11-25(12-8-23)26-13-9-24(10-14-26)16-28-30-22(2)18-36(32(28)38,34(30,5)6)20-46(42,43)44;/h7-16,21-22,29-30H,17-20H2,1-6H3,(H,39,40,41)(H,42,43,44);/q;+1/p-2/b27-15-,28-16-;/t21?,22?,29-,30-,35-,36-;/m1./s1. The summed E-state index contributed by atoms with van der Waals surface area (Å²) in [6, 6.07) is 15.4. The number of Topliss-reactive ketones (excluding diaryl/α,β-unsaturated/α-hetero) is 2. The second-order valence-corrected chi connectivity index (χ2v) is 18.2. The Morgan fingerprint density at radius 1 is 0.638 bits per heavy atom. The SMILES string of the molecule is CC1C[C@@]2(CS(=O)(=O)[O-])C(=O)/C(=C\c3ccc(-c4ccc(/C=C5\C(=O)[C@]6(CS(=O)(=O)[O-])CC(C)[C@H]5C6(C)C)cc4)cc3)[C@@H]1C2(C)C.[Na+]. The predicted molar refractivity (Wildman–Crippen MR) is 174 cm³/mol. The smallest absolute Gasteiger partial charge is 0.748 e. The molecule has 0 aliphatic heterocycles. The summed E-state index contributed by atoms with van der Waals surface area (Å²) in [5.41, 5.74) is 0.968. The van der Waals surface area contributed by atoms with E-state index in [4.69, 9.17) is 0 Å². The number of allylic oxidation sites excluding steroid dienone is 2. The van der Waals surface area contributed by atoms with E-state index in [0.29, 0.717) is 24.0 Å². The Kier molecular flexibility index (Phi) is 8.95. The summed E-state index contributed by atoms with van der Waals surface area (Å²) in [7, 11) is -9.19. The molecule has 0 spiro atoms. The van der Waals surface area contributed by atoms with Crippen LogP contribution in [0.1, 0.15) is 65.5 Å². The zero-order valence-electron chi connectivity index (χ0n) is 28.0. The molecule has 8 nitrogen and oxygen atoms in total. The van der Waals surface area contributed by atoms with Gasteiger partial charge in [0.25, 0.3) is 0 Å². The van der Waals surface area contributed by atoms with E-state index in [-0.39, 0.29) is 64.8 Å². The molecule has 0 radical (unpaired) electrons. The Morgan fingerprint density at radius 3 is 1.21 bits per heavy atom. The number of carbonyl (C=O) groups excluding carboxylic acids is 2. The molecule has 11 heteroatoms. The molecule has 47 heavy (non-hydrogen) atoms. The molecular formula is C36H40NaO8S2-. The molecule has 4 bridgehead atoms. The van der Waals surface area contributed by atoms with Gasteiger partial charge in [-0.1, -0.05) is 90.1 Å². The van der Waals surface area contributed by atoms with Crippen LogP contribution in [0.3, 0.4) is 0 Å². The Bertz CT molecular complexity index is 1780. The molecule has 4 saturated carbocycles. The number of fused-ring (bicyclic) bond motifs is 4. The number of carbonyl (C=O) groups is 2. The van der Waals surface area contributed by atoms with Crippen LogP contribution in [-0.4, -0.2) is 49.0 Å². The van der Waals surface area contributed by atoms with Gasteiger partial charge in [-0.05, 0) is 81.7 Å². The summed E-state index contributed by atoms with van der Waals surface area (Å²) in [6.07, 6.45) is 4.45. The normalized spacial score (nSPS) is 34.0. The van der Waals surface area contributed by atoms with Crippen LogP contribution < -0.4 is 29.6 Å². The molecule has 2 unspecified atom stereocenters. The molecule has 2 aromatic carbocycles. The van der Waals surface area contributed by atoms with Gasteiger partial charge in [0, 0.05) is 11.1 Å². The minimum atomic E-state index is -4.60. The van der Waals surface area contributed by atoms with Crippen LogP contribution in [0.4, 0.5) is 0 Å². The second-order valence-electron chi connectivity index (χ2n) is 15.4. The van der Waals surface area contributed by atoms with Gasteiger partial charge in [0.05, 0.1) is 42.6 Å². The van der Waals surface area contributed by atoms with Gasteiger partial charge in [-0.15, -0.1) is 0 Å². The molecule has 0 N–H and O–H groups in total. The third kappa shape index (κ3) is 5.60. The first kappa shape index (κ1) is 36.4.